The van der Waals surface area contributed by atoms with Crippen LogP contribution in [0.4, 0.5) is 8.78 Å². The Hall–Kier alpha value is -1.61. The van der Waals surface area contributed by atoms with Crippen molar-refractivity contribution < 1.29 is 13.5 Å². The van der Waals surface area contributed by atoms with E-state index in [1.54, 1.807) is 24.3 Å². The van der Waals surface area contributed by atoms with E-state index in [9.17, 15) is 8.78 Å². The minimum absolute atomic E-state index is 0.150. The molecule has 0 aliphatic rings. The molecule has 0 fully saturated rings. The zero-order valence-electron chi connectivity index (χ0n) is 9.50. The zero-order valence-corrected chi connectivity index (χ0v) is 10.3. The van der Waals surface area contributed by atoms with Gasteiger partial charge in [-0.15, -0.1) is 11.6 Å². The molecule has 0 saturated heterocycles. The molecular weight excluding hydrogens is 258 g/mol. The molecule has 0 saturated carbocycles. The zero-order chi connectivity index (χ0) is 13.0. The molecule has 0 radical (unpaired) electrons. The van der Waals surface area contributed by atoms with Gasteiger partial charge in [-0.05, 0) is 23.8 Å². The maximum Gasteiger partial charge on any atom is 0.165 e. The first kappa shape index (κ1) is 12.8. The fraction of sp³-hybridized carbons (Fsp3) is 0.143. The third-order valence-corrected chi connectivity index (χ3v) is 2.78. The van der Waals surface area contributed by atoms with E-state index in [0.717, 1.165) is 5.56 Å². The molecule has 0 aliphatic heterocycles. The Bertz CT molecular complexity index is 526. The lowest BCUT2D eigenvalue weighted by atomic mass is 10.2. The van der Waals surface area contributed by atoms with E-state index < -0.39 is 5.82 Å². The van der Waals surface area contributed by atoms with Crippen molar-refractivity contribution in [2.24, 2.45) is 0 Å². The first-order chi connectivity index (χ1) is 8.70. The first-order valence-corrected chi connectivity index (χ1v) is 5.95. The van der Waals surface area contributed by atoms with Crippen molar-refractivity contribution in [2.75, 3.05) is 0 Å². The summed E-state index contributed by atoms with van der Waals surface area (Å²) < 4.78 is 31.7. The second kappa shape index (κ2) is 5.83. The van der Waals surface area contributed by atoms with Crippen LogP contribution >= 0.6 is 11.6 Å². The van der Waals surface area contributed by atoms with E-state index in [-0.39, 0.29) is 24.1 Å². The maximum absolute atomic E-state index is 13.6. The molecule has 0 heterocycles. The minimum atomic E-state index is -0.449. The topological polar surface area (TPSA) is 9.23 Å². The number of alkyl halides is 1. The summed E-state index contributed by atoms with van der Waals surface area (Å²) in [6, 6.07) is 10.5. The number of para-hydroxylation sites is 1. The van der Waals surface area contributed by atoms with Crippen molar-refractivity contribution in [1.29, 1.82) is 0 Å². The molecule has 1 nitrogen and oxygen atoms in total. The SMILES string of the molecule is Fc1ccc(COc2c(F)cccc2CCl)cc1. The molecule has 4 heteroatoms. The second-order valence-corrected chi connectivity index (χ2v) is 4.04. The van der Waals surface area contributed by atoms with Crippen LogP contribution in [0, 0.1) is 11.6 Å². The second-order valence-electron chi connectivity index (χ2n) is 3.78. The van der Waals surface area contributed by atoms with Crippen LogP contribution in [-0.4, -0.2) is 0 Å². The highest BCUT2D eigenvalue weighted by molar-refractivity contribution is 6.17. The van der Waals surface area contributed by atoms with Crippen LogP contribution in [-0.2, 0) is 12.5 Å². The summed E-state index contributed by atoms with van der Waals surface area (Å²) in [5.74, 6) is -0.436. The van der Waals surface area contributed by atoms with Crippen molar-refractivity contribution in [3.8, 4) is 5.75 Å². The van der Waals surface area contributed by atoms with Gasteiger partial charge in [-0.25, -0.2) is 8.78 Å². The van der Waals surface area contributed by atoms with E-state index in [1.165, 1.54) is 18.2 Å². The molecule has 0 aromatic heterocycles. The van der Waals surface area contributed by atoms with Crippen LogP contribution in [0.15, 0.2) is 42.5 Å². The molecule has 0 aliphatic carbocycles. The summed E-state index contributed by atoms with van der Waals surface area (Å²) in [6.07, 6.45) is 0. The monoisotopic (exact) mass is 268 g/mol. The third kappa shape index (κ3) is 2.99. The lowest BCUT2D eigenvalue weighted by Crippen LogP contribution is -2.00. The van der Waals surface area contributed by atoms with Crippen LogP contribution in [0.5, 0.6) is 5.75 Å². The first-order valence-electron chi connectivity index (χ1n) is 5.41. The Morgan fingerprint density at radius 1 is 1.00 bits per heavy atom. The summed E-state index contributed by atoms with van der Waals surface area (Å²) in [5.41, 5.74) is 1.36. The van der Waals surface area contributed by atoms with Crippen LogP contribution < -0.4 is 4.74 Å². The highest BCUT2D eigenvalue weighted by Crippen LogP contribution is 2.25. The lowest BCUT2D eigenvalue weighted by molar-refractivity contribution is 0.287. The van der Waals surface area contributed by atoms with Crippen molar-refractivity contribution >= 4 is 11.6 Å². The number of ether oxygens (including phenoxy) is 1. The van der Waals surface area contributed by atoms with Crippen LogP contribution in [0.25, 0.3) is 0 Å². The van der Waals surface area contributed by atoms with Gasteiger partial charge in [0.1, 0.15) is 12.4 Å². The van der Waals surface area contributed by atoms with E-state index >= 15 is 0 Å². The van der Waals surface area contributed by atoms with Gasteiger partial charge >= 0.3 is 0 Å². The van der Waals surface area contributed by atoms with Gasteiger partial charge in [-0.2, -0.15) is 0 Å². The lowest BCUT2D eigenvalue weighted by Gasteiger charge is -2.10. The molecule has 0 bridgehead atoms. The van der Waals surface area contributed by atoms with Crippen LogP contribution in [0.1, 0.15) is 11.1 Å². The molecule has 2 rings (SSSR count). The Balaban J connectivity index is 2.12. The van der Waals surface area contributed by atoms with E-state index in [2.05, 4.69) is 0 Å². The molecule has 2 aromatic carbocycles. The Morgan fingerprint density at radius 2 is 1.72 bits per heavy atom. The summed E-state index contributed by atoms with van der Waals surface area (Å²) in [4.78, 5) is 0. The summed E-state index contributed by atoms with van der Waals surface area (Å²) in [7, 11) is 0. The predicted octanol–water partition coefficient (Wildman–Crippen LogP) is 4.28. The van der Waals surface area contributed by atoms with E-state index in [0.29, 0.717) is 5.56 Å². The summed E-state index contributed by atoms with van der Waals surface area (Å²) in [5, 5.41) is 0. The van der Waals surface area contributed by atoms with Gasteiger partial charge in [0.05, 0.1) is 5.88 Å². The molecule has 94 valence electrons. The van der Waals surface area contributed by atoms with E-state index in [4.69, 9.17) is 16.3 Å². The van der Waals surface area contributed by atoms with Gasteiger partial charge in [0.2, 0.25) is 0 Å². The minimum Gasteiger partial charge on any atom is -0.485 e. The van der Waals surface area contributed by atoms with Crippen molar-refractivity contribution in [3.63, 3.8) is 0 Å². The number of halogens is 3. The van der Waals surface area contributed by atoms with Gasteiger partial charge in [-0.1, -0.05) is 24.3 Å². The molecule has 2 aromatic rings. The molecule has 0 N–H and O–H groups in total. The molecule has 0 amide bonds. The largest absolute Gasteiger partial charge is 0.485 e. The molecule has 0 unspecified atom stereocenters. The highest BCUT2D eigenvalue weighted by Gasteiger charge is 2.09. The fourth-order valence-corrected chi connectivity index (χ4v) is 1.77. The molecule has 18 heavy (non-hydrogen) atoms. The van der Waals surface area contributed by atoms with Crippen molar-refractivity contribution in [1.82, 2.24) is 0 Å². The normalized spacial score (nSPS) is 10.4. The van der Waals surface area contributed by atoms with Gasteiger partial charge < -0.3 is 4.74 Å². The Morgan fingerprint density at radius 3 is 2.39 bits per heavy atom. The number of rotatable bonds is 4. The quantitative estimate of drug-likeness (QED) is 0.752. The number of hydrogen-bond acceptors (Lipinski definition) is 1. The van der Waals surface area contributed by atoms with E-state index in [1.807, 2.05) is 0 Å². The van der Waals surface area contributed by atoms with Crippen molar-refractivity contribution in [3.05, 3.63) is 65.2 Å². The average Bonchev–Trinajstić information content (AvgIpc) is 2.39. The Labute approximate surface area is 109 Å². The summed E-state index contributed by atoms with van der Waals surface area (Å²) in [6.45, 7) is 0.172. The smallest absolute Gasteiger partial charge is 0.165 e. The average molecular weight is 269 g/mol. The van der Waals surface area contributed by atoms with Gasteiger partial charge in [0.25, 0.3) is 0 Å². The maximum atomic E-state index is 13.6. The van der Waals surface area contributed by atoms with Crippen LogP contribution in [0.3, 0.4) is 0 Å². The predicted molar refractivity (Wildman–Crippen MR) is 66.7 cm³/mol. The highest BCUT2D eigenvalue weighted by atomic mass is 35.5. The number of benzene rings is 2. The van der Waals surface area contributed by atoms with Crippen molar-refractivity contribution in [2.45, 2.75) is 12.5 Å². The third-order valence-electron chi connectivity index (χ3n) is 2.49. The fourth-order valence-electron chi connectivity index (χ4n) is 1.56. The Kier molecular flexibility index (Phi) is 4.15. The summed E-state index contributed by atoms with van der Waals surface area (Å²) >= 11 is 5.71. The standard InChI is InChI=1S/C14H11ClF2O/c15-8-11-2-1-3-13(17)14(11)18-9-10-4-6-12(16)7-5-10/h1-7H,8-9H2. The van der Waals surface area contributed by atoms with Gasteiger partial charge in [0.15, 0.2) is 11.6 Å². The van der Waals surface area contributed by atoms with Gasteiger partial charge in [-0.3, -0.25) is 0 Å². The number of hydrogen-bond donors (Lipinski definition) is 0. The molecule has 0 atom stereocenters. The molecular formula is C14H11ClF2O. The molecule has 0 spiro atoms. The van der Waals surface area contributed by atoms with Gasteiger partial charge in [0, 0.05) is 5.56 Å². The van der Waals surface area contributed by atoms with Crippen LogP contribution in [0.2, 0.25) is 0 Å².